The summed E-state index contributed by atoms with van der Waals surface area (Å²) in [4.78, 5) is 2.25. The summed E-state index contributed by atoms with van der Waals surface area (Å²) in [7, 11) is 2.10. The largest absolute Gasteiger partial charge is 0.490 e. The molecular weight excluding hydrogens is 308 g/mol. The Hall–Kier alpha value is -0.620. The molecule has 5 heteroatoms. The summed E-state index contributed by atoms with van der Waals surface area (Å²) in [6.07, 6.45) is 0.124. The van der Waals surface area contributed by atoms with Crippen LogP contribution in [-0.4, -0.2) is 44.4 Å². The quantitative estimate of drug-likeness (QED) is 0.920. The molecule has 0 radical (unpaired) electrons. The first-order valence-electron chi connectivity index (χ1n) is 6.54. The fourth-order valence-electron chi connectivity index (χ4n) is 2.16. The van der Waals surface area contributed by atoms with Crippen LogP contribution >= 0.6 is 15.9 Å². The fourth-order valence-corrected chi connectivity index (χ4v) is 2.50. The summed E-state index contributed by atoms with van der Waals surface area (Å²) in [6.45, 7) is 5.17. The molecule has 1 heterocycles. The third kappa shape index (κ3) is 4.18. The second-order valence-corrected chi connectivity index (χ2v) is 5.95. The molecular formula is C14H21BrN2O2. The van der Waals surface area contributed by atoms with E-state index in [1.54, 1.807) is 0 Å². The van der Waals surface area contributed by atoms with Gasteiger partial charge in [-0.1, -0.05) is 22.0 Å². The number of nitrogens with two attached hydrogens (primary N) is 1. The molecule has 1 saturated heterocycles. The van der Waals surface area contributed by atoms with Crippen molar-refractivity contribution < 1.29 is 9.47 Å². The predicted molar refractivity (Wildman–Crippen MR) is 79.5 cm³/mol. The molecule has 106 valence electrons. The van der Waals surface area contributed by atoms with Gasteiger partial charge in [0.1, 0.15) is 18.5 Å². The lowest BCUT2D eigenvalue weighted by Crippen LogP contribution is -2.42. The van der Waals surface area contributed by atoms with Gasteiger partial charge in [-0.15, -0.1) is 0 Å². The van der Waals surface area contributed by atoms with Gasteiger partial charge in [-0.05, 0) is 26.1 Å². The number of hydrogen-bond acceptors (Lipinski definition) is 4. The standard InChI is InChI=1S/C14H21BrN2O2/c1-10(16)13-4-3-11(15)7-14(13)19-9-12-8-17(2)5-6-18-12/h3-4,7,10,12H,5-6,8-9,16H2,1-2H3/t10-,12?/m0/s1. The Kier molecular flexibility index (Phi) is 5.21. The average molecular weight is 329 g/mol. The van der Waals surface area contributed by atoms with E-state index in [9.17, 15) is 0 Å². The molecule has 1 aliphatic rings. The molecule has 1 fully saturated rings. The number of morpholine rings is 1. The Morgan fingerprint density at radius 3 is 3.05 bits per heavy atom. The van der Waals surface area contributed by atoms with Crippen LogP contribution < -0.4 is 10.5 Å². The van der Waals surface area contributed by atoms with Crippen molar-refractivity contribution >= 4 is 15.9 Å². The lowest BCUT2D eigenvalue weighted by Gasteiger charge is -2.30. The summed E-state index contributed by atoms with van der Waals surface area (Å²) >= 11 is 3.46. The molecule has 0 aromatic heterocycles. The van der Waals surface area contributed by atoms with Crippen LogP contribution in [0.1, 0.15) is 18.5 Å². The number of halogens is 1. The van der Waals surface area contributed by atoms with Crippen LogP contribution in [0.4, 0.5) is 0 Å². The van der Waals surface area contributed by atoms with E-state index in [2.05, 4.69) is 27.9 Å². The van der Waals surface area contributed by atoms with Gasteiger partial charge in [0.15, 0.2) is 0 Å². The van der Waals surface area contributed by atoms with Gasteiger partial charge in [-0.2, -0.15) is 0 Å². The first-order chi connectivity index (χ1) is 9.06. The third-order valence-electron chi connectivity index (χ3n) is 3.23. The molecule has 4 nitrogen and oxygen atoms in total. The molecule has 2 atom stereocenters. The Bertz CT molecular complexity index is 426. The van der Waals surface area contributed by atoms with E-state index in [1.807, 2.05) is 25.1 Å². The lowest BCUT2D eigenvalue weighted by atomic mass is 10.1. The summed E-state index contributed by atoms with van der Waals surface area (Å²) < 4.78 is 12.6. The van der Waals surface area contributed by atoms with E-state index in [0.29, 0.717) is 6.61 Å². The highest BCUT2D eigenvalue weighted by atomic mass is 79.9. The summed E-state index contributed by atoms with van der Waals surface area (Å²) in [5.74, 6) is 0.834. The molecule has 2 rings (SSSR count). The zero-order valence-electron chi connectivity index (χ0n) is 11.4. The normalized spacial score (nSPS) is 22.2. The molecule has 1 aromatic rings. The van der Waals surface area contributed by atoms with Crippen molar-refractivity contribution in [1.82, 2.24) is 4.90 Å². The summed E-state index contributed by atoms with van der Waals surface area (Å²) in [6, 6.07) is 5.90. The number of benzene rings is 1. The minimum absolute atomic E-state index is 0.0435. The lowest BCUT2D eigenvalue weighted by molar-refractivity contribution is -0.0405. The first kappa shape index (κ1) is 14.8. The van der Waals surface area contributed by atoms with Crippen LogP contribution in [0.3, 0.4) is 0 Å². The fraction of sp³-hybridized carbons (Fsp3) is 0.571. The predicted octanol–water partition coefficient (Wildman–Crippen LogP) is 2.18. The SMILES string of the molecule is C[C@H](N)c1ccc(Br)cc1OCC1CN(C)CCO1. The molecule has 0 aliphatic carbocycles. The Morgan fingerprint density at radius 1 is 1.58 bits per heavy atom. The van der Waals surface area contributed by atoms with Gasteiger partial charge in [-0.3, -0.25) is 0 Å². The van der Waals surface area contributed by atoms with Crippen molar-refractivity contribution in [3.63, 3.8) is 0 Å². The van der Waals surface area contributed by atoms with E-state index in [0.717, 1.165) is 35.5 Å². The molecule has 1 aliphatic heterocycles. The van der Waals surface area contributed by atoms with Gasteiger partial charge in [0.05, 0.1) is 6.61 Å². The van der Waals surface area contributed by atoms with Crippen LogP contribution in [0.15, 0.2) is 22.7 Å². The number of hydrogen-bond donors (Lipinski definition) is 1. The number of ether oxygens (including phenoxy) is 2. The highest BCUT2D eigenvalue weighted by Crippen LogP contribution is 2.28. The maximum absolute atomic E-state index is 5.96. The van der Waals surface area contributed by atoms with Crippen molar-refractivity contribution in [1.29, 1.82) is 0 Å². The molecule has 0 spiro atoms. The average Bonchev–Trinajstić information content (AvgIpc) is 2.36. The second-order valence-electron chi connectivity index (χ2n) is 5.04. The summed E-state index contributed by atoms with van der Waals surface area (Å²) in [5, 5.41) is 0. The molecule has 0 amide bonds. The molecule has 1 unspecified atom stereocenters. The second kappa shape index (κ2) is 6.70. The first-order valence-corrected chi connectivity index (χ1v) is 7.33. The van der Waals surface area contributed by atoms with Crippen LogP contribution in [0.2, 0.25) is 0 Å². The summed E-state index contributed by atoms with van der Waals surface area (Å²) in [5.41, 5.74) is 6.98. The molecule has 0 bridgehead atoms. The van der Waals surface area contributed by atoms with Crippen LogP contribution in [0.5, 0.6) is 5.75 Å². The maximum Gasteiger partial charge on any atom is 0.125 e. The van der Waals surface area contributed by atoms with Crippen LogP contribution in [0, 0.1) is 0 Å². The van der Waals surface area contributed by atoms with Crippen LogP contribution in [-0.2, 0) is 4.74 Å². The minimum atomic E-state index is -0.0435. The van der Waals surface area contributed by atoms with Gasteiger partial charge in [0.25, 0.3) is 0 Å². The number of nitrogens with zero attached hydrogens (tertiary/aromatic N) is 1. The van der Waals surface area contributed by atoms with E-state index in [-0.39, 0.29) is 12.1 Å². The van der Waals surface area contributed by atoms with Gasteiger partial charge in [0.2, 0.25) is 0 Å². The van der Waals surface area contributed by atoms with E-state index in [4.69, 9.17) is 15.2 Å². The van der Waals surface area contributed by atoms with E-state index >= 15 is 0 Å². The highest BCUT2D eigenvalue weighted by Gasteiger charge is 2.19. The van der Waals surface area contributed by atoms with Crippen molar-refractivity contribution in [3.05, 3.63) is 28.2 Å². The zero-order chi connectivity index (χ0) is 13.8. The molecule has 2 N–H and O–H groups in total. The smallest absolute Gasteiger partial charge is 0.125 e. The molecule has 0 saturated carbocycles. The van der Waals surface area contributed by atoms with E-state index < -0.39 is 0 Å². The number of rotatable bonds is 4. The zero-order valence-corrected chi connectivity index (χ0v) is 13.0. The van der Waals surface area contributed by atoms with Gasteiger partial charge < -0.3 is 20.1 Å². The Labute approximate surface area is 123 Å². The number of likely N-dealkylation sites (N-methyl/N-ethyl adjacent to an activating group) is 1. The highest BCUT2D eigenvalue weighted by molar-refractivity contribution is 9.10. The van der Waals surface area contributed by atoms with Crippen molar-refractivity contribution in [2.24, 2.45) is 5.73 Å². The molecule has 1 aromatic carbocycles. The third-order valence-corrected chi connectivity index (χ3v) is 3.73. The van der Waals surface area contributed by atoms with Crippen molar-refractivity contribution in [2.75, 3.05) is 33.4 Å². The molecule has 19 heavy (non-hydrogen) atoms. The van der Waals surface area contributed by atoms with Crippen molar-refractivity contribution in [3.8, 4) is 5.75 Å². The Morgan fingerprint density at radius 2 is 2.37 bits per heavy atom. The Balaban J connectivity index is 2.00. The van der Waals surface area contributed by atoms with E-state index in [1.165, 1.54) is 0 Å². The monoisotopic (exact) mass is 328 g/mol. The van der Waals surface area contributed by atoms with Gasteiger partial charge in [-0.25, -0.2) is 0 Å². The maximum atomic E-state index is 5.96. The van der Waals surface area contributed by atoms with Gasteiger partial charge in [0, 0.05) is 29.2 Å². The van der Waals surface area contributed by atoms with Crippen molar-refractivity contribution in [2.45, 2.75) is 19.1 Å². The van der Waals surface area contributed by atoms with Crippen LogP contribution in [0.25, 0.3) is 0 Å². The topological polar surface area (TPSA) is 47.7 Å². The van der Waals surface area contributed by atoms with Gasteiger partial charge >= 0.3 is 0 Å². The minimum Gasteiger partial charge on any atom is -0.490 e.